The first-order valence-corrected chi connectivity index (χ1v) is 8.79. The Bertz CT molecular complexity index is 649. The average Bonchev–Trinajstić information content (AvgIpc) is 2.93. The van der Waals surface area contributed by atoms with Crippen LogP contribution in [-0.2, 0) is 14.3 Å². The molecule has 3 amide bonds. The molecule has 1 N–H and O–H groups in total. The molecule has 0 aromatic carbocycles. The Morgan fingerprint density at radius 1 is 1.44 bits per heavy atom. The molecule has 3 fully saturated rings. The van der Waals surface area contributed by atoms with Gasteiger partial charge in [-0.15, -0.1) is 12.3 Å². The number of carbonyl (C=O) groups is 3. The third-order valence-electron chi connectivity index (χ3n) is 5.54. The number of esters is 1. The van der Waals surface area contributed by atoms with Crippen molar-refractivity contribution in [1.82, 2.24) is 10.2 Å². The van der Waals surface area contributed by atoms with E-state index in [1.54, 1.807) is 0 Å². The second kappa shape index (κ2) is 6.55. The molecule has 0 bridgehead atoms. The molecular formula is C19H24N2O4. The van der Waals surface area contributed by atoms with Crippen molar-refractivity contribution < 1.29 is 19.1 Å². The van der Waals surface area contributed by atoms with Crippen molar-refractivity contribution in [2.45, 2.75) is 52.2 Å². The Balaban J connectivity index is 1.69. The second-order valence-electron chi connectivity index (χ2n) is 7.58. The minimum Gasteiger partial charge on any atom is -0.440 e. The van der Waals surface area contributed by atoms with E-state index in [-0.39, 0.29) is 30.2 Å². The number of nitrogens with zero attached hydrogens (tertiary/aromatic N) is 1. The van der Waals surface area contributed by atoms with Gasteiger partial charge in [0.25, 0.3) is 5.91 Å². The van der Waals surface area contributed by atoms with Crippen molar-refractivity contribution in [3.8, 4) is 12.3 Å². The van der Waals surface area contributed by atoms with E-state index in [1.807, 2.05) is 13.8 Å². The highest BCUT2D eigenvalue weighted by Crippen LogP contribution is 2.60. The molecule has 3 atom stereocenters. The van der Waals surface area contributed by atoms with Crippen LogP contribution in [0.3, 0.4) is 0 Å². The van der Waals surface area contributed by atoms with Crippen LogP contribution in [0.1, 0.15) is 46.0 Å². The molecule has 0 aromatic rings. The summed E-state index contributed by atoms with van der Waals surface area (Å²) in [6.07, 6.45) is 11.1. The fourth-order valence-corrected chi connectivity index (χ4v) is 3.91. The summed E-state index contributed by atoms with van der Waals surface area (Å²) in [6.45, 7) is 3.99. The number of urea groups is 1. The first kappa shape index (κ1) is 17.5. The van der Waals surface area contributed by atoms with Gasteiger partial charge in [0, 0.05) is 0 Å². The van der Waals surface area contributed by atoms with Crippen LogP contribution in [0.15, 0.2) is 11.6 Å². The molecule has 3 rings (SSSR count). The van der Waals surface area contributed by atoms with Gasteiger partial charge in [0.15, 0.2) is 6.23 Å². The monoisotopic (exact) mass is 344 g/mol. The van der Waals surface area contributed by atoms with Gasteiger partial charge in [-0.2, -0.15) is 0 Å². The molecule has 134 valence electrons. The van der Waals surface area contributed by atoms with E-state index in [1.165, 1.54) is 18.4 Å². The lowest BCUT2D eigenvalue weighted by molar-refractivity contribution is -0.161. The van der Waals surface area contributed by atoms with Crippen LogP contribution in [0.25, 0.3) is 0 Å². The molecule has 2 saturated carbocycles. The minimum absolute atomic E-state index is 0.0101. The number of ether oxygens (including phenoxy) is 1. The smallest absolute Gasteiger partial charge is 0.327 e. The van der Waals surface area contributed by atoms with Gasteiger partial charge in [0.05, 0.1) is 18.9 Å². The van der Waals surface area contributed by atoms with Crippen LogP contribution in [0, 0.1) is 29.6 Å². The lowest BCUT2D eigenvalue weighted by Crippen LogP contribution is -2.43. The van der Waals surface area contributed by atoms with E-state index >= 15 is 0 Å². The largest absolute Gasteiger partial charge is 0.440 e. The van der Waals surface area contributed by atoms with Gasteiger partial charge in [-0.25, -0.2) is 9.69 Å². The van der Waals surface area contributed by atoms with Crippen molar-refractivity contribution in [1.29, 1.82) is 0 Å². The summed E-state index contributed by atoms with van der Waals surface area (Å²) in [5, 5.41) is 2.42. The third kappa shape index (κ3) is 3.28. The van der Waals surface area contributed by atoms with E-state index in [2.05, 4.69) is 17.3 Å². The summed E-state index contributed by atoms with van der Waals surface area (Å²) in [7, 11) is 0. The lowest BCUT2D eigenvalue weighted by atomic mass is 10.1. The number of amides is 3. The normalized spacial score (nSPS) is 28.4. The van der Waals surface area contributed by atoms with Gasteiger partial charge in [-0.1, -0.05) is 25.5 Å². The highest BCUT2D eigenvalue weighted by Gasteiger charge is 2.62. The molecule has 3 unspecified atom stereocenters. The van der Waals surface area contributed by atoms with Crippen LogP contribution >= 0.6 is 0 Å². The summed E-state index contributed by atoms with van der Waals surface area (Å²) >= 11 is 0. The second-order valence-corrected chi connectivity index (χ2v) is 7.58. The number of hydrogen-bond acceptors (Lipinski definition) is 4. The molecule has 1 heterocycles. The fraction of sp³-hybridized carbons (Fsp3) is 0.632. The molecule has 2 aliphatic carbocycles. The maximum Gasteiger partial charge on any atom is 0.327 e. The maximum atomic E-state index is 12.7. The zero-order valence-electron chi connectivity index (χ0n) is 14.7. The predicted molar refractivity (Wildman–Crippen MR) is 90.9 cm³/mol. The Labute approximate surface area is 148 Å². The number of hydrogen-bond donors (Lipinski definition) is 1. The Morgan fingerprint density at radius 3 is 2.68 bits per heavy atom. The van der Waals surface area contributed by atoms with E-state index < -0.39 is 24.1 Å². The number of nitrogens with one attached hydrogen (secondary N) is 1. The number of allylic oxidation sites excluding steroid dienone is 2. The number of rotatable bonds is 5. The van der Waals surface area contributed by atoms with E-state index in [0.29, 0.717) is 0 Å². The van der Waals surface area contributed by atoms with Gasteiger partial charge < -0.3 is 10.1 Å². The summed E-state index contributed by atoms with van der Waals surface area (Å²) in [4.78, 5) is 37.3. The molecule has 0 aromatic heterocycles. The van der Waals surface area contributed by atoms with Crippen LogP contribution in [0.2, 0.25) is 0 Å². The Kier molecular flexibility index (Phi) is 4.59. The summed E-state index contributed by atoms with van der Waals surface area (Å²) < 4.78 is 5.50. The molecule has 1 saturated heterocycles. The highest BCUT2D eigenvalue weighted by atomic mass is 16.6. The molecular weight excluding hydrogens is 320 g/mol. The summed E-state index contributed by atoms with van der Waals surface area (Å²) in [5.74, 6) is 1.43. The van der Waals surface area contributed by atoms with Crippen LogP contribution in [-0.4, -0.2) is 35.6 Å². The first-order chi connectivity index (χ1) is 11.9. The minimum atomic E-state index is -1.04. The van der Waals surface area contributed by atoms with E-state index in [4.69, 9.17) is 11.2 Å². The zero-order valence-corrected chi connectivity index (χ0v) is 14.7. The predicted octanol–water partition coefficient (Wildman–Crippen LogP) is 2.20. The fourth-order valence-electron chi connectivity index (χ4n) is 3.91. The SMILES string of the molecule is C#CCC(OC(=O)C1C(C=C2CCCC2)C1(C)C)N1C(=O)CNC1=O. The lowest BCUT2D eigenvalue weighted by Gasteiger charge is -2.23. The van der Waals surface area contributed by atoms with Crippen LogP contribution < -0.4 is 5.32 Å². The maximum absolute atomic E-state index is 12.7. The van der Waals surface area contributed by atoms with Crippen molar-refractivity contribution in [2.75, 3.05) is 6.54 Å². The standard InChI is InChI=1S/C19H24N2O4/c1-4-7-15(21-14(22)11-20-18(21)24)25-17(23)16-13(19(16,2)3)10-12-8-5-6-9-12/h1,10,13,15-16H,5-9,11H2,2-3H3,(H,20,24). The molecule has 0 radical (unpaired) electrons. The van der Waals surface area contributed by atoms with Crippen molar-refractivity contribution in [3.63, 3.8) is 0 Å². The first-order valence-electron chi connectivity index (χ1n) is 8.79. The van der Waals surface area contributed by atoms with E-state index in [9.17, 15) is 14.4 Å². The molecule has 6 heteroatoms. The molecule has 25 heavy (non-hydrogen) atoms. The van der Waals surface area contributed by atoms with Crippen LogP contribution in [0.4, 0.5) is 4.79 Å². The van der Waals surface area contributed by atoms with Gasteiger partial charge in [-0.05, 0) is 37.0 Å². The van der Waals surface area contributed by atoms with Gasteiger partial charge >= 0.3 is 12.0 Å². The molecule has 3 aliphatic rings. The van der Waals surface area contributed by atoms with Gasteiger partial charge in [0.1, 0.15) is 0 Å². The molecule has 1 aliphatic heterocycles. The topological polar surface area (TPSA) is 75.7 Å². The van der Waals surface area contributed by atoms with E-state index in [0.717, 1.165) is 17.7 Å². The quantitative estimate of drug-likeness (QED) is 0.359. The van der Waals surface area contributed by atoms with Gasteiger partial charge in [0.2, 0.25) is 0 Å². The zero-order chi connectivity index (χ0) is 18.2. The highest BCUT2D eigenvalue weighted by molar-refractivity contribution is 6.02. The Hall–Kier alpha value is -2.29. The number of imide groups is 1. The van der Waals surface area contributed by atoms with Crippen molar-refractivity contribution in [2.24, 2.45) is 17.3 Å². The Morgan fingerprint density at radius 2 is 2.12 bits per heavy atom. The molecule has 6 nitrogen and oxygen atoms in total. The van der Waals surface area contributed by atoms with Crippen LogP contribution in [0.5, 0.6) is 0 Å². The molecule has 0 spiro atoms. The number of terminal acetylenes is 1. The number of carbonyl (C=O) groups excluding carboxylic acids is 3. The van der Waals surface area contributed by atoms with Crippen molar-refractivity contribution >= 4 is 17.9 Å². The summed E-state index contributed by atoms with van der Waals surface area (Å²) in [5.41, 5.74) is 1.24. The average molecular weight is 344 g/mol. The van der Waals surface area contributed by atoms with Crippen molar-refractivity contribution in [3.05, 3.63) is 11.6 Å². The third-order valence-corrected chi connectivity index (χ3v) is 5.54. The summed E-state index contributed by atoms with van der Waals surface area (Å²) in [6, 6.07) is -0.572. The van der Waals surface area contributed by atoms with Gasteiger partial charge in [-0.3, -0.25) is 9.59 Å².